The molecule has 0 atom stereocenters. The van der Waals surface area contributed by atoms with Crippen LogP contribution in [0.25, 0.3) is 11.0 Å². The first-order chi connectivity index (χ1) is 6.35. The third-order valence-electron chi connectivity index (χ3n) is 1.90. The summed E-state index contributed by atoms with van der Waals surface area (Å²) in [4.78, 5) is 7.20. The molecule has 0 aliphatic heterocycles. The molecule has 0 aromatic carbocycles. The normalized spacial score (nSPS) is 10.3. The highest BCUT2D eigenvalue weighted by Crippen LogP contribution is 2.26. The van der Waals surface area contributed by atoms with Gasteiger partial charge < -0.3 is 14.5 Å². The Bertz CT molecular complexity index is 422. The van der Waals surface area contributed by atoms with Crippen molar-refractivity contribution in [3.8, 4) is 11.6 Å². The number of nitrogens with zero attached hydrogens (tertiary/aromatic N) is 1. The minimum absolute atomic E-state index is 0.548. The van der Waals surface area contributed by atoms with Crippen LogP contribution < -0.4 is 9.47 Å². The highest BCUT2D eigenvalue weighted by atomic mass is 16.5. The summed E-state index contributed by atoms with van der Waals surface area (Å²) in [5.74, 6) is 1.31. The summed E-state index contributed by atoms with van der Waals surface area (Å²) in [6.07, 6.45) is 1.82. The van der Waals surface area contributed by atoms with E-state index in [2.05, 4.69) is 9.97 Å². The number of hydrogen-bond donors (Lipinski definition) is 1. The van der Waals surface area contributed by atoms with Gasteiger partial charge in [0.2, 0.25) is 5.88 Å². The molecule has 2 aromatic rings. The van der Waals surface area contributed by atoms with E-state index in [4.69, 9.17) is 9.47 Å². The number of pyridine rings is 1. The van der Waals surface area contributed by atoms with Crippen LogP contribution >= 0.6 is 0 Å². The van der Waals surface area contributed by atoms with Crippen molar-refractivity contribution in [1.82, 2.24) is 9.97 Å². The Labute approximate surface area is 75.5 Å². The van der Waals surface area contributed by atoms with Crippen LogP contribution in [0.2, 0.25) is 0 Å². The Morgan fingerprint density at radius 2 is 2.15 bits per heavy atom. The van der Waals surface area contributed by atoms with Gasteiger partial charge in [0.1, 0.15) is 11.4 Å². The van der Waals surface area contributed by atoms with Crippen molar-refractivity contribution in [1.29, 1.82) is 0 Å². The molecule has 0 aliphatic rings. The van der Waals surface area contributed by atoms with Crippen LogP contribution in [0.15, 0.2) is 18.3 Å². The van der Waals surface area contributed by atoms with Crippen LogP contribution in [0.5, 0.6) is 11.6 Å². The first-order valence-corrected chi connectivity index (χ1v) is 3.91. The van der Waals surface area contributed by atoms with Crippen molar-refractivity contribution in [2.45, 2.75) is 0 Å². The summed E-state index contributed by atoms with van der Waals surface area (Å²) in [7, 11) is 3.21. The van der Waals surface area contributed by atoms with Crippen molar-refractivity contribution in [3.63, 3.8) is 0 Å². The lowest BCUT2D eigenvalue weighted by Crippen LogP contribution is -1.91. The SMILES string of the molecule is COc1cc(OC)c2cc[nH]c2n1. The predicted octanol–water partition coefficient (Wildman–Crippen LogP) is 1.58. The smallest absolute Gasteiger partial charge is 0.218 e. The molecule has 1 N–H and O–H groups in total. The molecule has 0 unspecified atom stereocenters. The molecule has 0 bridgehead atoms. The van der Waals surface area contributed by atoms with E-state index in [1.807, 2.05) is 12.3 Å². The van der Waals surface area contributed by atoms with E-state index in [1.54, 1.807) is 20.3 Å². The maximum Gasteiger partial charge on any atom is 0.218 e. The molecule has 68 valence electrons. The number of methoxy groups -OCH3 is 2. The van der Waals surface area contributed by atoms with E-state index in [0.29, 0.717) is 5.88 Å². The number of aromatic amines is 1. The zero-order valence-corrected chi connectivity index (χ0v) is 7.50. The third-order valence-corrected chi connectivity index (χ3v) is 1.90. The van der Waals surface area contributed by atoms with Gasteiger partial charge >= 0.3 is 0 Å². The standard InChI is InChI=1S/C9H10N2O2/c1-12-7-5-8(13-2)11-9-6(7)3-4-10-9/h3-5H,1-2H3,(H,10,11). The van der Waals surface area contributed by atoms with Crippen molar-refractivity contribution in [3.05, 3.63) is 18.3 Å². The maximum absolute atomic E-state index is 5.19. The molecule has 4 heteroatoms. The number of aromatic nitrogens is 2. The maximum atomic E-state index is 5.19. The summed E-state index contributed by atoms with van der Waals surface area (Å²) in [5, 5.41) is 0.961. The lowest BCUT2D eigenvalue weighted by atomic mass is 10.3. The van der Waals surface area contributed by atoms with Crippen molar-refractivity contribution >= 4 is 11.0 Å². The summed E-state index contributed by atoms with van der Waals surface area (Å²) in [5.41, 5.74) is 0.774. The number of nitrogens with one attached hydrogen (secondary N) is 1. The van der Waals surface area contributed by atoms with E-state index < -0.39 is 0 Å². The van der Waals surface area contributed by atoms with E-state index >= 15 is 0 Å². The Hall–Kier alpha value is -1.71. The number of H-pyrrole nitrogens is 1. The summed E-state index contributed by atoms with van der Waals surface area (Å²) in [6, 6.07) is 3.68. The first kappa shape index (κ1) is 7.91. The molecule has 4 nitrogen and oxygen atoms in total. The minimum atomic E-state index is 0.548. The Kier molecular flexibility index (Phi) is 1.81. The monoisotopic (exact) mass is 178 g/mol. The zero-order chi connectivity index (χ0) is 9.26. The second-order valence-corrected chi connectivity index (χ2v) is 2.61. The second-order valence-electron chi connectivity index (χ2n) is 2.61. The van der Waals surface area contributed by atoms with Gasteiger partial charge in [-0.3, -0.25) is 0 Å². The van der Waals surface area contributed by atoms with Gasteiger partial charge in [-0.1, -0.05) is 0 Å². The van der Waals surface area contributed by atoms with E-state index in [0.717, 1.165) is 16.8 Å². The zero-order valence-electron chi connectivity index (χ0n) is 7.50. The van der Waals surface area contributed by atoms with Gasteiger partial charge in [0.05, 0.1) is 19.6 Å². The second kappa shape index (κ2) is 2.97. The first-order valence-electron chi connectivity index (χ1n) is 3.91. The molecule has 0 saturated carbocycles. The number of fused-ring (bicyclic) bond motifs is 1. The van der Waals surface area contributed by atoms with Crippen LogP contribution in [-0.4, -0.2) is 24.2 Å². The molecule has 0 saturated heterocycles. The molecule has 0 radical (unpaired) electrons. The van der Waals surface area contributed by atoms with Gasteiger partial charge in [0.25, 0.3) is 0 Å². The Morgan fingerprint density at radius 3 is 2.85 bits per heavy atom. The molecule has 2 aromatic heterocycles. The number of rotatable bonds is 2. The Balaban J connectivity index is 2.70. The highest BCUT2D eigenvalue weighted by Gasteiger charge is 2.06. The fourth-order valence-electron chi connectivity index (χ4n) is 1.26. The average molecular weight is 178 g/mol. The summed E-state index contributed by atoms with van der Waals surface area (Å²) in [6.45, 7) is 0. The highest BCUT2D eigenvalue weighted by molar-refractivity contribution is 5.83. The van der Waals surface area contributed by atoms with Crippen molar-refractivity contribution < 1.29 is 9.47 Å². The molecule has 0 fully saturated rings. The van der Waals surface area contributed by atoms with Gasteiger partial charge in [-0.2, -0.15) is 4.98 Å². The Morgan fingerprint density at radius 1 is 1.31 bits per heavy atom. The van der Waals surface area contributed by atoms with E-state index in [9.17, 15) is 0 Å². The van der Waals surface area contributed by atoms with Crippen molar-refractivity contribution in [2.24, 2.45) is 0 Å². The number of hydrogen-bond acceptors (Lipinski definition) is 3. The molecule has 2 heterocycles. The average Bonchev–Trinajstić information content (AvgIpc) is 2.63. The minimum Gasteiger partial charge on any atom is -0.496 e. The molecule has 0 amide bonds. The fourth-order valence-corrected chi connectivity index (χ4v) is 1.26. The van der Waals surface area contributed by atoms with Gasteiger partial charge in [-0.25, -0.2) is 0 Å². The van der Waals surface area contributed by atoms with Crippen LogP contribution in [-0.2, 0) is 0 Å². The fraction of sp³-hybridized carbons (Fsp3) is 0.222. The molecule has 2 rings (SSSR count). The van der Waals surface area contributed by atoms with E-state index in [-0.39, 0.29) is 0 Å². The topological polar surface area (TPSA) is 47.1 Å². The quantitative estimate of drug-likeness (QED) is 0.759. The van der Waals surface area contributed by atoms with Crippen molar-refractivity contribution in [2.75, 3.05) is 14.2 Å². The number of ether oxygens (including phenoxy) is 2. The van der Waals surface area contributed by atoms with E-state index in [1.165, 1.54) is 0 Å². The van der Waals surface area contributed by atoms with Crippen LogP contribution in [0, 0.1) is 0 Å². The van der Waals surface area contributed by atoms with Crippen LogP contribution in [0.1, 0.15) is 0 Å². The summed E-state index contributed by atoms with van der Waals surface area (Å²) >= 11 is 0. The summed E-state index contributed by atoms with van der Waals surface area (Å²) < 4.78 is 10.2. The van der Waals surface area contributed by atoms with Gasteiger partial charge in [0.15, 0.2) is 0 Å². The van der Waals surface area contributed by atoms with Crippen LogP contribution in [0.4, 0.5) is 0 Å². The third kappa shape index (κ3) is 1.20. The van der Waals surface area contributed by atoms with Gasteiger partial charge in [0, 0.05) is 12.3 Å². The molecular formula is C9H10N2O2. The lowest BCUT2D eigenvalue weighted by molar-refractivity contribution is 0.386. The largest absolute Gasteiger partial charge is 0.496 e. The molecule has 13 heavy (non-hydrogen) atoms. The lowest BCUT2D eigenvalue weighted by Gasteiger charge is -2.03. The van der Waals surface area contributed by atoms with Crippen LogP contribution in [0.3, 0.4) is 0 Å². The van der Waals surface area contributed by atoms with Gasteiger partial charge in [-0.05, 0) is 6.07 Å². The molecule has 0 aliphatic carbocycles. The predicted molar refractivity (Wildman–Crippen MR) is 49.2 cm³/mol. The van der Waals surface area contributed by atoms with Gasteiger partial charge in [-0.15, -0.1) is 0 Å². The molecule has 0 spiro atoms. The molecular weight excluding hydrogens is 168 g/mol.